The van der Waals surface area contributed by atoms with Crippen molar-refractivity contribution in [2.45, 2.75) is 40.0 Å². The standard InChI is InChI=1S/C19H30N2O2/c1-14(2)13-23-18-8-4-7-17(11-18)21-19(22)10-15(3)16-6-5-9-20-12-16/h4,7-8,11,14-16,20H,5-6,9-10,12-13H2,1-3H3,(H,21,22). The molecule has 1 aromatic rings. The van der Waals surface area contributed by atoms with Crippen molar-refractivity contribution in [3.05, 3.63) is 24.3 Å². The van der Waals surface area contributed by atoms with E-state index in [1.54, 1.807) is 0 Å². The average Bonchev–Trinajstić information content (AvgIpc) is 2.54. The molecule has 1 heterocycles. The Kier molecular flexibility index (Phi) is 6.90. The third-order valence-corrected chi connectivity index (χ3v) is 4.35. The highest BCUT2D eigenvalue weighted by Crippen LogP contribution is 2.24. The molecule has 2 unspecified atom stereocenters. The highest BCUT2D eigenvalue weighted by Gasteiger charge is 2.22. The van der Waals surface area contributed by atoms with Crippen LogP contribution >= 0.6 is 0 Å². The van der Waals surface area contributed by atoms with Crippen molar-refractivity contribution >= 4 is 11.6 Å². The number of ether oxygens (including phenoxy) is 1. The van der Waals surface area contributed by atoms with E-state index in [4.69, 9.17) is 4.74 Å². The fraction of sp³-hybridized carbons (Fsp3) is 0.632. The molecule has 23 heavy (non-hydrogen) atoms. The molecule has 0 spiro atoms. The second-order valence-electron chi connectivity index (χ2n) is 7.07. The fourth-order valence-electron chi connectivity index (χ4n) is 2.96. The van der Waals surface area contributed by atoms with Gasteiger partial charge in [-0.1, -0.05) is 26.8 Å². The monoisotopic (exact) mass is 318 g/mol. The third-order valence-electron chi connectivity index (χ3n) is 4.35. The Bertz CT molecular complexity index is 496. The second kappa shape index (κ2) is 8.92. The van der Waals surface area contributed by atoms with Gasteiger partial charge in [0.25, 0.3) is 0 Å². The minimum atomic E-state index is 0.0871. The van der Waals surface area contributed by atoms with Gasteiger partial charge in [0.15, 0.2) is 0 Å². The summed E-state index contributed by atoms with van der Waals surface area (Å²) in [7, 11) is 0. The first-order valence-corrected chi connectivity index (χ1v) is 8.78. The number of carbonyl (C=O) groups excluding carboxylic acids is 1. The van der Waals surface area contributed by atoms with Gasteiger partial charge in [-0.3, -0.25) is 4.79 Å². The van der Waals surface area contributed by atoms with E-state index < -0.39 is 0 Å². The third kappa shape index (κ3) is 6.22. The summed E-state index contributed by atoms with van der Waals surface area (Å²) >= 11 is 0. The number of hydrogen-bond acceptors (Lipinski definition) is 3. The van der Waals surface area contributed by atoms with E-state index >= 15 is 0 Å². The maximum absolute atomic E-state index is 12.3. The summed E-state index contributed by atoms with van der Waals surface area (Å²) in [6.45, 7) is 9.24. The molecule has 0 bridgehead atoms. The molecule has 0 aromatic heterocycles. The van der Waals surface area contributed by atoms with E-state index in [1.165, 1.54) is 12.8 Å². The van der Waals surface area contributed by atoms with Crippen LogP contribution in [-0.2, 0) is 4.79 Å². The first-order valence-electron chi connectivity index (χ1n) is 8.78. The minimum absolute atomic E-state index is 0.0871. The van der Waals surface area contributed by atoms with Crippen LogP contribution < -0.4 is 15.4 Å². The molecule has 128 valence electrons. The molecule has 1 fully saturated rings. The number of amides is 1. The molecule has 1 amide bonds. The van der Waals surface area contributed by atoms with E-state index in [0.717, 1.165) is 24.5 Å². The minimum Gasteiger partial charge on any atom is -0.493 e. The van der Waals surface area contributed by atoms with E-state index in [-0.39, 0.29) is 5.91 Å². The Hall–Kier alpha value is -1.55. The molecular weight excluding hydrogens is 288 g/mol. The van der Waals surface area contributed by atoms with Gasteiger partial charge in [0, 0.05) is 18.2 Å². The molecule has 4 heteroatoms. The summed E-state index contributed by atoms with van der Waals surface area (Å²) in [6, 6.07) is 7.65. The summed E-state index contributed by atoms with van der Waals surface area (Å²) in [5, 5.41) is 6.42. The normalized spacial score (nSPS) is 19.4. The number of rotatable bonds is 7. The quantitative estimate of drug-likeness (QED) is 0.806. The van der Waals surface area contributed by atoms with Crippen LogP contribution in [0.1, 0.15) is 40.0 Å². The van der Waals surface area contributed by atoms with Gasteiger partial charge in [-0.15, -0.1) is 0 Å². The predicted octanol–water partition coefficient (Wildman–Crippen LogP) is 3.69. The Morgan fingerprint density at radius 2 is 2.22 bits per heavy atom. The second-order valence-corrected chi connectivity index (χ2v) is 7.07. The van der Waals surface area contributed by atoms with Crippen molar-refractivity contribution in [2.24, 2.45) is 17.8 Å². The molecule has 1 aliphatic rings. The van der Waals surface area contributed by atoms with Gasteiger partial charge >= 0.3 is 0 Å². The lowest BCUT2D eigenvalue weighted by molar-refractivity contribution is -0.117. The number of nitrogens with one attached hydrogen (secondary N) is 2. The first kappa shape index (κ1) is 17.8. The number of carbonyl (C=O) groups is 1. The number of piperidine rings is 1. The molecule has 1 saturated heterocycles. The summed E-state index contributed by atoms with van der Waals surface area (Å²) in [6.07, 6.45) is 3.01. The topological polar surface area (TPSA) is 50.4 Å². The van der Waals surface area contributed by atoms with Gasteiger partial charge in [0.05, 0.1) is 6.61 Å². The number of hydrogen-bond donors (Lipinski definition) is 2. The maximum atomic E-state index is 12.3. The van der Waals surface area contributed by atoms with Gasteiger partial charge in [-0.05, 0) is 55.8 Å². The largest absolute Gasteiger partial charge is 0.493 e. The Morgan fingerprint density at radius 1 is 1.39 bits per heavy atom. The molecule has 4 nitrogen and oxygen atoms in total. The highest BCUT2D eigenvalue weighted by atomic mass is 16.5. The first-order chi connectivity index (χ1) is 11.0. The molecule has 2 rings (SSSR count). The smallest absolute Gasteiger partial charge is 0.224 e. The Labute approximate surface area is 140 Å². The lowest BCUT2D eigenvalue weighted by Gasteiger charge is -2.28. The van der Waals surface area contributed by atoms with Gasteiger partial charge in [0.2, 0.25) is 5.91 Å². The van der Waals surface area contributed by atoms with Crippen molar-refractivity contribution in [3.63, 3.8) is 0 Å². The van der Waals surface area contributed by atoms with E-state index in [9.17, 15) is 4.79 Å². The molecule has 0 aliphatic carbocycles. The molecule has 1 aromatic carbocycles. The lowest BCUT2D eigenvalue weighted by Crippen LogP contribution is -2.34. The van der Waals surface area contributed by atoms with Crippen molar-refractivity contribution in [3.8, 4) is 5.75 Å². The Balaban J connectivity index is 1.83. The molecule has 2 N–H and O–H groups in total. The summed E-state index contributed by atoms with van der Waals surface area (Å²) in [5.74, 6) is 2.39. The van der Waals surface area contributed by atoms with Crippen LogP contribution in [-0.4, -0.2) is 25.6 Å². The summed E-state index contributed by atoms with van der Waals surface area (Å²) in [5.41, 5.74) is 0.810. The summed E-state index contributed by atoms with van der Waals surface area (Å²) in [4.78, 5) is 12.3. The molecular formula is C19H30N2O2. The maximum Gasteiger partial charge on any atom is 0.224 e. The van der Waals surface area contributed by atoms with Crippen molar-refractivity contribution < 1.29 is 9.53 Å². The van der Waals surface area contributed by atoms with Crippen LogP contribution in [0.4, 0.5) is 5.69 Å². The van der Waals surface area contributed by atoms with Crippen molar-refractivity contribution in [1.29, 1.82) is 0 Å². The average molecular weight is 318 g/mol. The van der Waals surface area contributed by atoms with Gasteiger partial charge in [0.1, 0.15) is 5.75 Å². The zero-order valence-electron chi connectivity index (χ0n) is 14.6. The number of anilines is 1. The van der Waals surface area contributed by atoms with Crippen molar-refractivity contribution in [2.75, 3.05) is 25.0 Å². The van der Waals surface area contributed by atoms with Gasteiger partial charge in [-0.2, -0.15) is 0 Å². The van der Waals surface area contributed by atoms with Crippen LogP contribution in [0.25, 0.3) is 0 Å². The van der Waals surface area contributed by atoms with Crippen molar-refractivity contribution in [1.82, 2.24) is 5.32 Å². The van der Waals surface area contributed by atoms with Crippen LogP contribution in [0.2, 0.25) is 0 Å². The van der Waals surface area contributed by atoms with Crippen LogP contribution in [0.5, 0.6) is 5.75 Å². The SMILES string of the molecule is CC(C)COc1cccc(NC(=O)CC(C)C2CCCNC2)c1. The van der Waals surface area contributed by atoms with E-state index in [0.29, 0.717) is 30.8 Å². The number of benzene rings is 1. The Morgan fingerprint density at radius 3 is 2.91 bits per heavy atom. The summed E-state index contributed by atoms with van der Waals surface area (Å²) < 4.78 is 5.71. The van der Waals surface area contributed by atoms with Gasteiger partial charge in [-0.25, -0.2) is 0 Å². The predicted molar refractivity (Wildman–Crippen MR) is 94.8 cm³/mol. The zero-order valence-corrected chi connectivity index (χ0v) is 14.6. The fourth-order valence-corrected chi connectivity index (χ4v) is 2.96. The molecule has 1 aliphatic heterocycles. The van der Waals surface area contributed by atoms with Crippen LogP contribution in [0, 0.1) is 17.8 Å². The van der Waals surface area contributed by atoms with Crippen LogP contribution in [0.15, 0.2) is 24.3 Å². The molecule has 0 radical (unpaired) electrons. The molecule has 0 saturated carbocycles. The molecule has 2 atom stereocenters. The lowest BCUT2D eigenvalue weighted by atomic mass is 9.85. The van der Waals surface area contributed by atoms with E-state index in [2.05, 4.69) is 31.4 Å². The van der Waals surface area contributed by atoms with Crippen LogP contribution in [0.3, 0.4) is 0 Å². The van der Waals surface area contributed by atoms with E-state index in [1.807, 2.05) is 24.3 Å². The zero-order chi connectivity index (χ0) is 16.7. The van der Waals surface area contributed by atoms with Gasteiger partial charge < -0.3 is 15.4 Å². The highest BCUT2D eigenvalue weighted by molar-refractivity contribution is 5.91.